The van der Waals surface area contributed by atoms with E-state index in [4.69, 9.17) is 4.74 Å². The number of fused-ring (bicyclic) bond motifs is 8. The van der Waals surface area contributed by atoms with Crippen molar-refractivity contribution in [2.75, 3.05) is 30.0 Å². The molecular weight excluding hydrogens is 1390 g/mol. The van der Waals surface area contributed by atoms with E-state index in [-0.39, 0.29) is 0 Å². The van der Waals surface area contributed by atoms with E-state index in [2.05, 4.69) is 315 Å². The number of nitrogens with zero attached hydrogens (tertiary/aromatic N) is 2. The first-order valence-electron chi connectivity index (χ1n) is 42.2. The Morgan fingerprint density at radius 3 is 1.22 bits per heavy atom. The van der Waals surface area contributed by atoms with Gasteiger partial charge in [-0.25, -0.2) is 0 Å². The summed E-state index contributed by atoms with van der Waals surface area (Å²) in [6, 6.07) is 73.1. The molecule has 7 heteroatoms. The molecule has 1 N–H and O–H groups in total. The Morgan fingerprint density at radius 2 is 0.712 bits per heavy atom. The van der Waals surface area contributed by atoms with E-state index >= 15 is 0 Å². The first kappa shape index (κ1) is 102. The second-order valence-corrected chi connectivity index (χ2v) is 36.1. The van der Waals surface area contributed by atoms with Gasteiger partial charge in [-0.15, -0.1) is 23.5 Å². The Labute approximate surface area is 689 Å². The van der Waals surface area contributed by atoms with Crippen LogP contribution in [0.25, 0.3) is 21.7 Å². The Hall–Kier alpha value is -7.45. The lowest BCUT2D eigenvalue weighted by Crippen LogP contribution is -2.10. The molecule has 0 fully saturated rings. The number of thioether (sulfide) groups is 2. The van der Waals surface area contributed by atoms with Gasteiger partial charge in [-0.2, -0.15) is 0 Å². The van der Waals surface area contributed by atoms with Crippen molar-refractivity contribution in [2.24, 2.45) is 47.3 Å². The summed E-state index contributed by atoms with van der Waals surface area (Å²) in [5.41, 5.74) is 13.6. The van der Waals surface area contributed by atoms with Crippen molar-refractivity contribution in [1.82, 2.24) is 9.97 Å². The third-order valence-corrected chi connectivity index (χ3v) is 16.8. The molecule has 0 saturated heterocycles. The van der Waals surface area contributed by atoms with Crippen molar-refractivity contribution in [1.29, 1.82) is 0 Å². The highest BCUT2D eigenvalue weighted by Crippen LogP contribution is 2.31. The molecule has 608 valence electrons. The van der Waals surface area contributed by atoms with Crippen LogP contribution in [0.15, 0.2) is 241 Å². The number of ketones is 1. The molecule has 10 aromatic rings. The van der Waals surface area contributed by atoms with Crippen LogP contribution in [0.2, 0.25) is 0 Å². The van der Waals surface area contributed by atoms with E-state index in [0.29, 0.717) is 12.2 Å². The average Bonchev–Trinajstić information content (AvgIpc) is 1.30. The van der Waals surface area contributed by atoms with Crippen LogP contribution in [0.5, 0.6) is 5.75 Å². The highest BCUT2D eigenvalue weighted by molar-refractivity contribution is 7.99. The van der Waals surface area contributed by atoms with Crippen LogP contribution in [0.3, 0.4) is 0 Å². The fourth-order valence-electron chi connectivity index (χ4n) is 10.2. The Kier molecular flexibility index (Phi) is 58.6. The van der Waals surface area contributed by atoms with Gasteiger partial charge in [0.2, 0.25) is 0 Å². The zero-order chi connectivity index (χ0) is 82.6. The van der Waals surface area contributed by atoms with Gasteiger partial charge in [-0.3, -0.25) is 14.8 Å². The number of aromatic nitrogens is 2. The third-order valence-electron chi connectivity index (χ3n) is 14.5. The molecule has 16 rings (SSSR count). The molecule has 5 nitrogen and oxygen atoms in total. The van der Waals surface area contributed by atoms with Gasteiger partial charge < -0.3 is 10.1 Å². The standard InChI is InChI=1S/C10H12.C9H11N.2C9H7N.C9H10O.C9H8O.C9H10S.C8H8S.8C4H10/c1-2-6-10-8-4-3-7-9(10)5-1;2*1-2-6-9-8(4-1)5-3-7-10-9;1-2-4-9-7-10-6-5-8(9)3-1;1-2-6-9-8(4-1)5-3-7-10-9;10-9-6-5-7-3-1-2-4-8(7)9;1-2-6-9-8(4-1)5-3-7-10-9;1-2-4-8-7(3-1)5-6-9-8;8*1-4(2)3/h1-2,5-6H,3-4,7-8H2;1-2,4,6,10H,3,5,7H2;2*1-7H;1-2,4,6H,3,5,7H2;1-4H,5-6H2;1-2,4,6H,3,5,7H2;1-4H,5-6H2;8*4H,1-3H3. The van der Waals surface area contributed by atoms with E-state index in [9.17, 15) is 4.79 Å². The summed E-state index contributed by atoms with van der Waals surface area (Å²) in [5.74, 6) is 10.6. The number of rotatable bonds is 0. The molecule has 6 heterocycles. The number of hydrogen-bond acceptors (Lipinski definition) is 7. The second kappa shape index (κ2) is 64.0. The molecule has 2 aliphatic carbocycles. The fraction of sp³-hybridized carbons (Fsp3) is 0.471. The average molecular weight is 1540 g/mol. The quantitative estimate of drug-likeness (QED) is 0.162. The number of benzene rings is 8. The van der Waals surface area contributed by atoms with Crippen molar-refractivity contribution in [3.8, 4) is 5.75 Å². The minimum absolute atomic E-state index is 0.301. The minimum atomic E-state index is 0.301. The topological polar surface area (TPSA) is 64.1 Å². The van der Waals surface area contributed by atoms with Gasteiger partial charge in [0.05, 0.1) is 12.1 Å². The Bertz CT molecular complexity index is 3280. The zero-order valence-electron chi connectivity index (χ0n) is 74.1. The van der Waals surface area contributed by atoms with Crippen LogP contribution < -0.4 is 10.1 Å². The van der Waals surface area contributed by atoms with Crippen molar-refractivity contribution in [3.63, 3.8) is 0 Å². The maximum Gasteiger partial charge on any atom is 0.163 e. The molecule has 0 atom stereocenters. The molecule has 0 bridgehead atoms. The monoisotopic (exact) mass is 1540 g/mol. The smallest absolute Gasteiger partial charge is 0.163 e. The lowest BCUT2D eigenvalue weighted by molar-refractivity contribution is 0.0994. The lowest BCUT2D eigenvalue weighted by Gasteiger charge is -2.16. The minimum Gasteiger partial charge on any atom is -0.493 e. The highest BCUT2D eigenvalue weighted by atomic mass is 32.2. The SMILES string of the molecule is CC(C)C.CC(C)C.CC(C)C.CC(C)C.CC(C)C.CC(C)C.CC(C)C.CC(C)C.O=C1CCc2ccccc21.c1ccc2c(c1)CCCC2.c1ccc2c(c1)CCCN2.c1ccc2c(c1)CCCO2.c1ccc2c(c1)CCCS2.c1ccc2c(c1)CCS2.c1ccc2cnccc2c1.c1ccc2ncccc2c1. The van der Waals surface area contributed by atoms with Crippen LogP contribution >= 0.6 is 23.5 Å². The van der Waals surface area contributed by atoms with E-state index in [1.54, 1.807) is 16.7 Å². The van der Waals surface area contributed by atoms with E-state index in [1.165, 1.54) is 130 Å². The molecule has 0 radical (unpaired) electrons. The van der Waals surface area contributed by atoms with Gasteiger partial charge in [-0.05, 0) is 222 Å². The maximum absolute atomic E-state index is 11.1. The Morgan fingerprint density at radius 1 is 0.315 bits per heavy atom. The summed E-state index contributed by atoms with van der Waals surface area (Å²) < 4.78 is 5.42. The number of ether oxygens (including phenoxy) is 1. The third kappa shape index (κ3) is 54.8. The number of carbonyl (C=O) groups excluding carboxylic acids is 1. The lowest BCUT2D eigenvalue weighted by atomic mass is 9.92. The number of hydrogen-bond donors (Lipinski definition) is 1. The predicted octanol–water partition coefficient (Wildman–Crippen LogP) is 31.3. The summed E-state index contributed by atoms with van der Waals surface area (Å²) in [6.45, 7) is 54.0. The van der Waals surface area contributed by atoms with Gasteiger partial charge in [-0.1, -0.05) is 336 Å². The van der Waals surface area contributed by atoms with E-state index in [0.717, 1.165) is 90.2 Å². The molecule has 111 heavy (non-hydrogen) atoms. The summed E-state index contributed by atoms with van der Waals surface area (Å²) >= 11 is 3.96. The zero-order valence-corrected chi connectivity index (χ0v) is 75.7. The fourth-order valence-corrected chi connectivity index (χ4v) is 12.4. The Balaban J connectivity index is 0.000000602. The van der Waals surface area contributed by atoms with E-state index < -0.39 is 0 Å². The first-order valence-corrected chi connectivity index (χ1v) is 44.2. The van der Waals surface area contributed by atoms with Crippen molar-refractivity contribution < 1.29 is 9.53 Å². The number of pyridine rings is 2. The number of anilines is 1. The van der Waals surface area contributed by atoms with Crippen molar-refractivity contribution >= 4 is 56.7 Å². The van der Waals surface area contributed by atoms with Gasteiger partial charge >= 0.3 is 0 Å². The number of para-hydroxylation sites is 3. The van der Waals surface area contributed by atoms with Crippen LogP contribution in [-0.4, -0.2) is 40.4 Å². The molecular formula is C104H153N3O2S2. The van der Waals surface area contributed by atoms with Crippen LogP contribution in [0, 0.1) is 47.3 Å². The normalized spacial score (nSPS) is 12.8. The molecule has 6 aliphatic rings. The van der Waals surface area contributed by atoms with Gasteiger partial charge in [0.15, 0.2) is 5.78 Å². The first-order chi connectivity index (χ1) is 53.0. The summed E-state index contributed by atoms with van der Waals surface area (Å²) in [5, 5.41) is 7.01. The number of carbonyl (C=O) groups is 1. The predicted molar refractivity (Wildman–Crippen MR) is 500 cm³/mol. The molecule has 0 spiro atoms. The number of nitrogens with one attached hydrogen (secondary N) is 1. The molecule has 2 aromatic heterocycles. The maximum atomic E-state index is 11.1. The van der Waals surface area contributed by atoms with Crippen molar-refractivity contribution in [2.45, 2.75) is 259 Å². The second-order valence-electron chi connectivity index (χ2n) is 33.8. The van der Waals surface area contributed by atoms with Gasteiger partial charge in [0.25, 0.3) is 0 Å². The molecule has 4 aliphatic heterocycles. The molecule has 0 amide bonds. The van der Waals surface area contributed by atoms with E-state index in [1.807, 2.05) is 121 Å². The van der Waals surface area contributed by atoms with Crippen LogP contribution in [0.1, 0.15) is 254 Å². The summed E-state index contributed by atoms with van der Waals surface area (Å²) in [7, 11) is 0. The van der Waals surface area contributed by atoms with Crippen LogP contribution in [0.4, 0.5) is 5.69 Å². The van der Waals surface area contributed by atoms with Crippen molar-refractivity contribution in [3.05, 3.63) is 275 Å². The number of Topliss-reactive ketones (excluding diaryl/α,β-unsaturated/α-hetero) is 1. The molecule has 8 aromatic carbocycles. The number of aryl methyl sites for hydroxylation is 7. The molecule has 0 unspecified atom stereocenters. The van der Waals surface area contributed by atoms with Gasteiger partial charge in [0, 0.05) is 63.7 Å². The summed E-state index contributed by atoms with van der Waals surface area (Å²) in [4.78, 5) is 22.2. The highest BCUT2D eigenvalue weighted by Gasteiger charge is 2.17. The van der Waals surface area contributed by atoms with Crippen LogP contribution in [-0.2, 0) is 44.9 Å². The summed E-state index contributed by atoms with van der Waals surface area (Å²) in [6.07, 6.45) is 21.3. The molecule has 0 saturated carbocycles. The van der Waals surface area contributed by atoms with Gasteiger partial charge in [0.1, 0.15) is 5.75 Å². The largest absolute Gasteiger partial charge is 0.493 e.